The quantitative estimate of drug-likeness (QED) is 0.471. The summed E-state index contributed by atoms with van der Waals surface area (Å²) in [5.74, 6) is 1.86. The fourth-order valence-electron chi connectivity index (χ4n) is 4.00. The highest BCUT2D eigenvalue weighted by molar-refractivity contribution is 5.82. The van der Waals surface area contributed by atoms with Gasteiger partial charge in [0.2, 0.25) is 0 Å². The van der Waals surface area contributed by atoms with E-state index in [4.69, 9.17) is 14.5 Å². The average Bonchev–Trinajstić information content (AvgIpc) is 3.39. The van der Waals surface area contributed by atoms with E-state index in [-0.39, 0.29) is 23.2 Å². The van der Waals surface area contributed by atoms with E-state index in [1.807, 2.05) is 12.1 Å². The van der Waals surface area contributed by atoms with Gasteiger partial charge in [0.25, 0.3) is 0 Å². The number of hydrogen-bond donors (Lipinski definition) is 1. The third-order valence-electron chi connectivity index (χ3n) is 5.81. The molecular weight excluding hydrogens is 342 g/mol. The number of nitrogens with zero attached hydrogens (tertiary/aromatic N) is 2. The second-order valence-electron chi connectivity index (χ2n) is 7.66. The first-order valence-electron chi connectivity index (χ1n) is 9.79. The summed E-state index contributed by atoms with van der Waals surface area (Å²) in [4.78, 5) is 19.2. The highest BCUT2D eigenvalue weighted by Crippen LogP contribution is 2.51. The minimum Gasteiger partial charge on any atom is -0.496 e. The first-order chi connectivity index (χ1) is 13.0. The van der Waals surface area contributed by atoms with Gasteiger partial charge < -0.3 is 19.7 Å². The molecule has 1 N–H and O–H groups in total. The Kier molecular flexibility index (Phi) is 5.92. The summed E-state index contributed by atoms with van der Waals surface area (Å²) in [5, 5.41) is 3.40. The fraction of sp³-hybridized carbons (Fsp3) is 0.619. The van der Waals surface area contributed by atoms with Crippen molar-refractivity contribution < 1.29 is 14.3 Å². The Labute approximate surface area is 161 Å². The van der Waals surface area contributed by atoms with Crippen molar-refractivity contribution in [3.8, 4) is 5.75 Å². The number of likely N-dealkylation sites (tertiary alicyclic amines) is 1. The first-order valence-corrected chi connectivity index (χ1v) is 9.79. The van der Waals surface area contributed by atoms with Crippen molar-refractivity contribution in [2.45, 2.75) is 32.1 Å². The molecule has 1 aliphatic heterocycles. The van der Waals surface area contributed by atoms with E-state index in [1.165, 1.54) is 12.7 Å². The maximum Gasteiger partial charge on any atom is 0.310 e. The lowest BCUT2D eigenvalue weighted by atomic mass is 9.95. The molecule has 1 aromatic carbocycles. The Morgan fingerprint density at radius 3 is 2.67 bits per heavy atom. The van der Waals surface area contributed by atoms with E-state index in [9.17, 15) is 4.79 Å². The van der Waals surface area contributed by atoms with Crippen LogP contribution in [0.1, 0.15) is 32.3 Å². The van der Waals surface area contributed by atoms with Gasteiger partial charge in [-0.3, -0.25) is 9.79 Å². The monoisotopic (exact) mass is 373 g/mol. The van der Waals surface area contributed by atoms with E-state index in [1.54, 1.807) is 7.11 Å². The van der Waals surface area contributed by atoms with Crippen molar-refractivity contribution >= 4 is 11.9 Å². The summed E-state index contributed by atoms with van der Waals surface area (Å²) in [5.41, 5.74) is 1.31. The molecule has 1 saturated carbocycles. The third kappa shape index (κ3) is 4.04. The number of guanidine groups is 1. The van der Waals surface area contributed by atoms with Crippen molar-refractivity contribution in [2.24, 2.45) is 16.8 Å². The number of hydrogen-bond acceptors (Lipinski definition) is 4. The molecule has 27 heavy (non-hydrogen) atoms. The Hall–Kier alpha value is -2.24. The molecule has 0 aromatic heterocycles. The van der Waals surface area contributed by atoms with Crippen LogP contribution >= 0.6 is 0 Å². The van der Waals surface area contributed by atoms with Crippen molar-refractivity contribution in [3.63, 3.8) is 0 Å². The molecule has 0 amide bonds. The highest BCUT2D eigenvalue weighted by Gasteiger charge is 2.46. The van der Waals surface area contributed by atoms with Gasteiger partial charge in [-0.15, -0.1) is 0 Å². The van der Waals surface area contributed by atoms with Gasteiger partial charge in [0.05, 0.1) is 26.7 Å². The first kappa shape index (κ1) is 19.5. The van der Waals surface area contributed by atoms with E-state index in [0.717, 1.165) is 44.2 Å². The summed E-state index contributed by atoms with van der Waals surface area (Å²) >= 11 is 0. The minimum absolute atomic E-state index is 0.0698. The lowest BCUT2D eigenvalue weighted by Gasteiger charge is -2.23. The van der Waals surface area contributed by atoms with Crippen LogP contribution in [-0.4, -0.2) is 57.2 Å². The number of nitrogens with one attached hydrogen (secondary N) is 1. The van der Waals surface area contributed by atoms with Crippen LogP contribution in [0.2, 0.25) is 0 Å². The number of aliphatic imine (C=N–C) groups is 1. The zero-order valence-corrected chi connectivity index (χ0v) is 16.8. The molecule has 0 radical (unpaired) electrons. The topological polar surface area (TPSA) is 63.2 Å². The molecule has 1 saturated heterocycles. The number of carbonyl (C=O) groups excluding carboxylic acids is 1. The molecule has 0 spiro atoms. The van der Waals surface area contributed by atoms with E-state index in [2.05, 4.69) is 36.2 Å². The van der Waals surface area contributed by atoms with Crippen LogP contribution in [-0.2, 0) is 14.9 Å². The van der Waals surface area contributed by atoms with Crippen molar-refractivity contribution in [2.75, 3.05) is 40.4 Å². The fourth-order valence-corrected chi connectivity index (χ4v) is 4.00. The van der Waals surface area contributed by atoms with E-state index in [0.29, 0.717) is 6.54 Å². The molecule has 6 heteroatoms. The molecule has 0 bridgehead atoms. The molecule has 1 aromatic rings. The van der Waals surface area contributed by atoms with Crippen LogP contribution in [0.15, 0.2) is 29.3 Å². The second-order valence-corrected chi connectivity index (χ2v) is 7.66. The molecule has 1 aliphatic carbocycles. The summed E-state index contributed by atoms with van der Waals surface area (Å²) in [6.45, 7) is 7.16. The Bertz CT molecular complexity index is 700. The molecule has 2 aliphatic rings. The van der Waals surface area contributed by atoms with Crippen LogP contribution in [0.3, 0.4) is 0 Å². The van der Waals surface area contributed by atoms with Crippen LogP contribution in [0.4, 0.5) is 0 Å². The molecule has 6 nitrogen and oxygen atoms in total. The Morgan fingerprint density at radius 1 is 1.30 bits per heavy atom. The van der Waals surface area contributed by atoms with Gasteiger partial charge in [-0.1, -0.05) is 25.1 Å². The number of carbonyl (C=O) groups is 1. The van der Waals surface area contributed by atoms with E-state index >= 15 is 0 Å². The van der Waals surface area contributed by atoms with Crippen molar-refractivity contribution in [1.29, 1.82) is 0 Å². The zero-order valence-electron chi connectivity index (χ0n) is 16.8. The normalized spacial score (nSPS) is 23.9. The largest absolute Gasteiger partial charge is 0.496 e. The maximum absolute atomic E-state index is 12.0. The van der Waals surface area contributed by atoms with Crippen molar-refractivity contribution in [1.82, 2.24) is 10.2 Å². The predicted molar refractivity (Wildman–Crippen MR) is 106 cm³/mol. The summed E-state index contributed by atoms with van der Waals surface area (Å²) in [6.07, 6.45) is 2.24. The van der Waals surface area contributed by atoms with Gasteiger partial charge in [0.1, 0.15) is 5.75 Å². The summed E-state index contributed by atoms with van der Waals surface area (Å²) in [7, 11) is 3.18. The third-order valence-corrected chi connectivity index (χ3v) is 5.81. The molecule has 1 heterocycles. The van der Waals surface area contributed by atoms with Crippen LogP contribution in [0, 0.1) is 11.8 Å². The van der Waals surface area contributed by atoms with Gasteiger partial charge in [-0.25, -0.2) is 0 Å². The number of para-hydroxylation sites is 1. The van der Waals surface area contributed by atoms with Crippen molar-refractivity contribution in [3.05, 3.63) is 29.8 Å². The number of methoxy groups -OCH3 is 2. The zero-order chi connectivity index (χ0) is 19.4. The van der Waals surface area contributed by atoms with Gasteiger partial charge >= 0.3 is 5.97 Å². The summed E-state index contributed by atoms with van der Waals surface area (Å²) < 4.78 is 10.5. The highest BCUT2D eigenvalue weighted by atomic mass is 16.5. The number of benzene rings is 1. The molecule has 2 unspecified atom stereocenters. The lowest BCUT2D eigenvalue weighted by Crippen LogP contribution is -2.41. The van der Waals surface area contributed by atoms with Gasteiger partial charge in [-0.05, 0) is 31.7 Å². The minimum atomic E-state index is -0.131. The SMILES string of the molecule is CCNC(=NCC1(c2ccccc2OC)CC1)N1CC(C)C(C(=O)OC)C1. The Morgan fingerprint density at radius 2 is 2.04 bits per heavy atom. The number of esters is 1. The summed E-state index contributed by atoms with van der Waals surface area (Å²) in [6, 6.07) is 8.24. The molecular formula is C21H31N3O3. The molecule has 2 fully saturated rings. The van der Waals surface area contributed by atoms with Gasteiger partial charge in [0.15, 0.2) is 5.96 Å². The lowest BCUT2D eigenvalue weighted by molar-refractivity contribution is -0.145. The number of rotatable bonds is 6. The number of ether oxygens (including phenoxy) is 2. The smallest absolute Gasteiger partial charge is 0.310 e. The average molecular weight is 373 g/mol. The van der Waals surface area contributed by atoms with Crippen LogP contribution in [0.5, 0.6) is 5.75 Å². The second kappa shape index (κ2) is 8.19. The Balaban J connectivity index is 1.76. The van der Waals surface area contributed by atoms with E-state index < -0.39 is 0 Å². The predicted octanol–water partition coefficient (Wildman–Crippen LogP) is 2.43. The molecule has 2 atom stereocenters. The maximum atomic E-state index is 12.0. The van der Waals surface area contributed by atoms with Crippen LogP contribution in [0.25, 0.3) is 0 Å². The van der Waals surface area contributed by atoms with Crippen LogP contribution < -0.4 is 10.1 Å². The molecule has 3 rings (SSSR count). The van der Waals surface area contributed by atoms with Gasteiger partial charge in [-0.2, -0.15) is 0 Å². The standard InChI is InChI=1S/C21H31N3O3/c1-5-22-20(24-12-15(2)16(13-24)19(25)27-4)23-14-21(10-11-21)17-8-6-7-9-18(17)26-3/h6-9,15-16H,5,10-14H2,1-4H3,(H,22,23). The molecule has 148 valence electrons. The van der Waals surface area contributed by atoms with Gasteiger partial charge in [0, 0.05) is 30.6 Å².